The molecule has 0 unspecified atom stereocenters. The third kappa shape index (κ3) is 2.17. The van der Waals surface area contributed by atoms with Gasteiger partial charge < -0.3 is 4.42 Å². The molecule has 14 heavy (non-hydrogen) atoms. The van der Waals surface area contributed by atoms with Crippen LogP contribution >= 0.6 is 38.5 Å². The first kappa shape index (κ1) is 10.2. The number of alkyl halides is 1. The molecule has 0 saturated carbocycles. The zero-order valence-electron chi connectivity index (χ0n) is 7.21. The van der Waals surface area contributed by atoms with Crippen LogP contribution in [0.5, 0.6) is 0 Å². The lowest BCUT2D eigenvalue weighted by Gasteiger charge is -1.95. The summed E-state index contributed by atoms with van der Waals surface area (Å²) in [5.74, 6) is 1.52. The van der Waals surface area contributed by atoms with Crippen LogP contribution in [0.3, 0.4) is 0 Å². The minimum Gasteiger partial charge on any atom is -0.440 e. The maximum Gasteiger partial charge on any atom is 0.226 e. The van der Waals surface area contributed by atoms with Gasteiger partial charge >= 0.3 is 0 Å². The summed E-state index contributed by atoms with van der Waals surface area (Å²) in [6.07, 6.45) is 1.74. The smallest absolute Gasteiger partial charge is 0.226 e. The number of rotatable bonds is 2. The maximum atomic E-state index is 5.51. The molecule has 1 heterocycles. The Labute approximate surface area is 104 Å². The third-order valence-electron chi connectivity index (χ3n) is 1.76. The summed E-state index contributed by atoms with van der Waals surface area (Å²) in [5, 5.41) is 0.698. The molecule has 0 aliphatic heterocycles. The van der Waals surface area contributed by atoms with E-state index in [2.05, 4.69) is 43.5 Å². The molecule has 0 fully saturated rings. The quantitative estimate of drug-likeness (QED) is 0.598. The first-order valence-electron chi connectivity index (χ1n) is 4.06. The standard InChI is InChI=1S/C10H7BrINO/c11-5-9-6-13-10(14-9)7-2-1-3-8(12)4-7/h1-4,6H,5H2. The highest BCUT2D eigenvalue weighted by Gasteiger charge is 2.05. The molecule has 0 saturated heterocycles. The van der Waals surface area contributed by atoms with Crippen LogP contribution in [0, 0.1) is 3.57 Å². The Balaban J connectivity index is 2.39. The van der Waals surface area contributed by atoms with Crippen LogP contribution in [0.2, 0.25) is 0 Å². The van der Waals surface area contributed by atoms with Crippen molar-refractivity contribution in [2.75, 3.05) is 0 Å². The van der Waals surface area contributed by atoms with Crippen molar-refractivity contribution < 1.29 is 4.42 Å². The third-order valence-corrected chi connectivity index (χ3v) is 2.98. The molecule has 0 amide bonds. The lowest BCUT2D eigenvalue weighted by molar-refractivity contribution is 0.540. The maximum absolute atomic E-state index is 5.51. The Hall–Kier alpha value is -0.360. The summed E-state index contributed by atoms with van der Waals surface area (Å²) in [6, 6.07) is 8.07. The van der Waals surface area contributed by atoms with E-state index in [1.165, 1.54) is 3.57 Å². The van der Waals surface area contributed by atoms with Gasteiger partial charge in [-0.15, -0.1) is 0 Å². The molecule has 0 aliphatic rings. The minimum absolute atomic E-state index is 0.679. The fourth-order valence-electron chi connectivity index (χ4n) is 1.12. The highest BCUT2D eigenvalue weighted by molar-refractivity contribution is 14.1. The van der Waals surface area contributed by atoms with Crippen molar-refractivity contribution in [1.82, 2.24) is 4.98 Å². The zero-order chi connectivity index (χ0) is 9.97. The van der Waals surface area contributed by atoms with Crippen LogP contribution in [0.4, 0.5) is 0 Å². The first-order chi connectivity index (χ1) is 6.79. The predicted molar refractivity (Wildman–Crippen MR) is 67.3 cm³/mol. The largest absolute Gasteiger partial charge is 0.440 e. The van der Waals surface area contributed by atoms with E-state index in [9.17, 15) is 0 Å². The molecule has 72 valence electrons. The number of oxazole rings is 1. The summed E-state index contributed by atoms with van der Waals surface area (Å²) in [6.45, 7) is 0. The van der Waals surface area contributed by atoms with E-state index in [0.29, 0.717) is 11.2 Å². The summed E-state index contributed by atoms with van der Waals surface area (Å²) < 4.78 is 6.69. The monoisotopic (exact) mass is 363 g/mol. The van der Waals surface area contributed by atoms with E-state index in [4.69, 9.17) is 4.42 Å². The van der Waals surface area contributed by atoms with Crippen molar-refractivity contribution in [3.63, 3.8) is 0 Å². The van der Waals surface area contributed by atoms with Crippen LogP contribution < -0.4 is 0 Å². The van der Waals surface area contributed by atoms with Gasteiger partial charge in [0.15, 0.2) is 0 Å². The molecule has 0 N–H and O–H groups in total. The Morgan fingerprint density at radius 3 is 2.93 bits per heavy atom. The van der Waals surface area contributed by atoms with Gasteiger partial charge in [-0.2, -0.15) is 0 Å². The van der Waals surface area contributed by atoms with E-state index in [0.717, 1.165) is 11.3 Å². The average Bonchev–Trinajstić information content (AvgIpc) is 2.66. The van der Waals surface area contributed by atoms with E-state index in [1.807, 2.05) is 24.3 Å². The van der Waals surface area contributed by atoms with Crippen LogP contribution in [0.15, 0.2) is 34.9 Å². The topological polar surface area (TPSA) is 26.0 Å². The lowest BCUT2D eigenvalue weighted by Crippen LogP contribution is -1.77. The fraction of sp³-hybridized carbons (Fsp3) is 0.100. The molecular weight excluding hydrogens is 357 g/mol. The van der Waals surface area contributed by atoms with Gasteiger partial charge in [-0.3, -0.25) is 0 Å². The summed E-state index contributed by atoms with van der Waals surface area (Å²) in [4.78, 5) is 4.20. The van der Waals surface area contributed by atoms with Crippen molar-refractivity contribution >= 4 is 38.5 Å². The Morgan fingerprint density at radius 2 is 2.29 bits per heavy atom. The van der Waals surface area contributed by atoms with Crippen molar-refractivity contribution in [3.05, 3.63) is 39.8 Å². The van der Waals surface area contributed by atoms with E-state index in [-0.39, 0.29) is 0 Å². The Bertz CT molecular complexity index is 441. The fourth-order valence-corrected chi connectivity index (χ4v) is 1.93. The van der Waals surface area contributed by atoms with Crippen LogP contribution in [0.1, 0.15) is 5.76 Å². The molecule has 0 radical (unpaired) electrons. The SMILES string of the molecule is BrCc1cnc(-c2cccc(I)c2)o1. The molecule has 0 aliphatic carbocycles. The Morgan fingerprint density at radius 1 is 1.43 bits per heavy atom. The summed E-state index contributed by atoms with van der Waals surface area (Å²) >= 11 is 5.59. The van der Waals surface area contributed by atoms with E-state index < -0.39 is 0 Å². The lowest BCUT2D eigenvalue weighted by atomic mass is 10.2. The van der Waals surface area contributed by atoms with Gasteiger partial charge in [-0.1, -0.05) is 22.0 Å². The number of hydrogen-bond donors (Lipinski definition) is 0. The van der Waals surface area contributed by atoms with Crippen molar-refractivity contribution in [3.8, 4) is 11.5 Å². The van der Waals surface area contributed by atoms with Gasteiger partial charge in [0.25, 0.3) is 0 Å². The van der Waals surface area contributed by atoms with Gasteiger partial charge in [0.1, 0.15) is 5.76 Å². The average molecular weight is 364 g/mol. The number of nitrogens with zero attached hydrogens (tertiary/aromatic N) is 1. The molecule has 2 aromatic rings. The second kappa shape index (κ2) is 4.44. The first-order valence-corrected chi connectivity index (χ1v) is 6.26. The molecule has 1 aromatic carbocycles. The van der Waals surface area contributed by atoms with Gasteiger partial charge in [0.2, 0.25) is 5.89 Å². The molecule has 2 nitrogen and oxygen atoms in total. The second-order valence-electron chi connectivity index (χ2n) is 2.78. The summed E-state index contributed by atoms with van der Waals surface area (Å²) in [5.41, 5.74) is 1.02. The molecule has 2 rings (SSSR count). The summed E-state index contributed by atoms with van der Waals surface area (Å²) in [7, 11) is 0. The second-order valence-corrected chi connectivity index (χ2v) is 4.58. The van der Waals surface area contributed by atoms with Gasteiger partial charge in [0, 0.05) is 9.13 Å². The van der Waals surface area contributed by atoms with Gasteiger partial charge in [0.05, 0.1) is 11.5 Å². The minimum atomic E-state index is 0.679. The van der Waals surface area contributed by atoms with E-state index in [1.54, 1.807) is 6.20 Å². The molecule has 0 spiro atoms. The molecule has 4 heteroatoms. The van der Waals surface area contributed by atoms with Crippen LogP contribution in [0.25, 0.3) is 11.5 Å². The van der Waals surface area contributed by atoms with E-state index >= 15 is 0 Å². The van der Waals surface area contributed by atoms with Gasteiger partial charge in [-0.05, 0) is 40.8 Å². The molecular formula is C10H7BrINO. The normalized spacial score (nSPS) is 10.4. The molecule has 0 bridgehead atoms. The number of benzene rings is 1. The van der Waals surface area contributed by atoms with Gasteiger partial charge in [-0.25, -0.2) is 4.98 Å². The van der Waals surface area contributed by atoms with Crippen molar-refractivity contribution in [1.29, 1.82) is 0 Å². The van der Waals surface area contributed by atoms with Crippen molar-refractivity contribution in [2.45, 2.75) is 5.33 Å². The number of halogens is 2. The Kier molecular flexibility index (Phi) is 3.22. The predicted octanol–water partition coefficient (Wildman–Crippen LogP) is 3.84. The molecule has 0 atom stereocenters. The number of hydrogen-bond acceptors (Lipinski definition) is 2. The zero-order valence-corrected chi connectivity index (χ0v) is 10.9. The number of aromatic nitrogens is 1. The molecule has 1 aromatic heterocycles. The van der Waals surface area contributed by atoms with Crippen LogP contribution in [-0.2, 0) is 5.33 Å². The highest BCUT2D eigenvalue weighted by Crippen LogP contribution is 2.21. The van der Waals surface area contributed by atoms with Crippen molar-refractivity contribution in [2.24, 2.45) is 0 Å². The highest BCUT2D eigenvalue weighted by atomic mass is 127. The van der Waals surface area contributed by atoms with Crippen LogP contribution in [-0.4, -0.2) is 4.98 Å².